The molecule has 178 valence electrons. The molecule has 4 aromatic rings. The third kappa shape index (κ3) is 4.89. The van der Waals surface area contributed by atoms with Crippen molar-refractivity contribution < 1.29 is 27.4 Å². The molecule has 0 aliphatic carbocycles. The average molecular weight is 479 g/mol. The number of fused-ring (bicyclic) bond motifs is 1. The lowest BCUT2D eigenvalue weighted by Crippen LogP contribution is -2.64. The van der Waals surface area contributed by atoms with E-state index in [0.717, 1.165) is 24.1 Å². The molecular weight excluding hydrogens is 459 g/mol. The van der Waals surface area contributed by atoms with Crippen molar-refractivity contribution in [2.75, 3.05) is 13.1 Å². The van der Waals surface area contributed by atoms with Crippen LogP contribution in [0, 0.1) is 0 Å². The topological polar surface area (TPSA) is 64.5 Å². The van der Waals surface area contributed by atoms with E-state index in [1.165, 1.54) is 0 Å². The summed E-state index contributed by atoms with van der Waals surface area (Å²) in [6.07, 6.45) is -3.74. The first-order valence-electron chi connectivity index (χ1n) is 10.8. The highest BCUT2D eigenvalue weighted by Gasteiger charge is 2.44. The number of amides is 1. The number of rotatable bonds is 5. The number of likely N-dealkylation sites (tertiary alicyclic amines) is 1. The molecule has 0 unspecified atom stereocenters. The fraction of sp³-hybridized carbons (Fsp3) is 0.192. The van der Waals surface area contributed by atoms with Crippen molar-refractivity contribution >= 4 is 16.8 Å². The molecule has 1 aliphatic rings. The summed E-state index contributed by atoms with van der Waals surface area (Å²) < 4.78 is 49.7. The fourth-order valence-corrected chi connectivity index (χ4v) is 3.92. The summed E-state index contributed by atoms with van der Waals surface area (Å²) >= 11 is 0. The predicted molar refractivity (Wildman–Crippen MR) is 122 cm³/mol. The van der Waals surface area contributed by atoms with Crippen LogP contribution in [0.25, 0.3) is 10.9 Å². The number of alkyl halides is 3. The maximum Gasteiger partial charge on any atom is 0.417 e. The summed E-state index contributed by atoms with van der Waals surface area (Å²) in [4.78, 5) is 22.8. The molecule has 0 N–H and O–H groups in total. The Labute approximate surface area is 198 Å². The first-order chi connectivity index (χ1) is 16.7. The fourth-order valence-electron chi connectivity index (χ4n) is 3.92. The number of para-hydroxylation sites is 1. The number of hydrogen-bond acceptors (Lipinski definition) is 5. The van der Waals surface area contributed by atoms with Gasteiger partial charge in [0.05, 0.1) is 24.2 Å². The number of carbonyl (C=O) groups is 1. The van der Waals surface area contributed by atoms with Crippen LogP contribution in [0.4, 0.5) is 13.2 Å². The van der Waals surface area contributed by atoms with Crippen LogP contribution in [0.3, 0.4) is 0 Å². The van der Waals surface area contributed by atoms with Gasteiger partial charge in [-0.1, -0.05) is 24.3 Å². The van der Waals surface area contributed by atoms with Gasteiger partial charge in [-0.2, -0.15) is 13.2 Å². The summed E-state index contributed by atoms with van der Waals surface area (Å²) in [5.41, 5.74) is -0.393. The Morgan fingerprint density at radius 2 is 1.74 bits per heavy atom. The molecule has 0 bridgehead atoms. The zero-order chi connectivity index (χ0) is 24.6. The van der Waals surface area contributed by atoms with Crippen molar-refractivity contribution in [3.8, 4) is 17.4 Å². The van der Waals surface area contributed by atoms with E-state index in [4.69, 9.17) is 9.47 Å². The van der Waals surface area contributed by atoms with E-state index in [9.17, 15) is 18.0 Å². The Bertz CT molecular complexity index is 1370. The highest BCUT2D eigenvalue weighted by atomic mass is 19.4. The van der Waals surface area contributed by atoms with Gasteiger partial charge in [0, 0.05) is 17.6 Å². The van der Waals surface area contributed by atoms with Gasteiger partial charge in [-0.15, -0.1) is 0 Å². The van der Waals surface area contributed by atoms with E-state index in [1.54, 1.807) is 35.2 Å². The van der Waals surface area contributed by atoms with Crippen molar-refractivity contribution in [1.82, 2.24) is 14.9 Å². The van der Waals surface area contributed by atoms with Gasteiger partial charge in [0.1, 0.15) is 22.8 Å². The van der Waals surface area contributed by atoms with Gasteiger partial charge >= 0.3 is 6.18 Å². The minimum atomic E-state index is -4.46. The quantitative estimate of drug-likeness (QED) is 0.366. The molecule has 2 aromatic carbocycles. The largest absolute Gasteiger partial charge is 0.484 e. The van der Waals surface area contributed by atoms with E-state index in [2.05, 4.69) is 9.97 Å². The molecule has 3 heterocycles. The second-order valence-corrected chi connectivity index (χ2v) is 8.56. The zero-order valence-corrected chi connectivity index (χ0v) is 18.6. The summed E-state index contributed by atoms with van der Waals surface area (Å²) in [6, 6.07) is 19.9. The lowest BCUT2D eigenvalue weighted by atomic mass is 9.95. The van der Waals surface area contributed by atoms with Crippen LogP contribution in [0.1, 0.15) is 23.0 Å². The van der Waals surface area contributed by atoms with Crippen LogP contribution >= 0.6 is 0 Å². The summed E-state index contributed by atoms with van der Waals surface area (Å²) in [5.74, 6) is 1.00. The maximum atomic E-state index is 12.9. The van der Waals surface area contributed by atoms with Crippen LogP contribution in [-0.4, -0.2) is 39.5 Å². The third-order valence-electron chi connectivity index (χ3n) is 5.61. The van der Waals surface area contributed by atoms with Crippen LogP contribution in [0.15, 0.2) is 79.0 Å². The molecule has 9 heteroatoms. The molecule has 35 heavy (non-hydrogen) atoms. The van der Waals surface area contributed by atoms with Crippen molar-refractivity contribution in [3.63, 3.8) is 0 Å². The predicted octanol–water partition coefficient (Wildman–Crippen LogP) is 5.73. The smallest absolute Gasteiger partial charge is 0.417 e. The van der Waals surface area contributed by atoms with Gasteiger partial charge in [-0.3, -0.25) is 4.79 Å². The lowest BCUT2D eigenvalue weighted by molar-refractivity contribution is -0.137. The van der Waals surface area contributed by atoms with Gasteiger partial charge in [0.25, 0.3) is 5.91 Å². The van der Waals surface area contributed by atoms with Crippen molar-refractivity contribution in [3.05, 3.63) is 90.3 Å². The van der Waals surface area contributed by atoms with Crippen LogP contribution in [-0.2, 0) is 6.18 Å². The summed E-state index contributed by atoms with van der Waals surface area (Å²) in [7, 11) is 0. The van der Waals surface area contributed by atoms with Gasteiger partial charge in [-0.05, 0) is 49.4 Å². The number of hydrogen-bond donors (Lipinski definition) is 0. The molecule has 0 spiro atoms. The van der Waals surface area contributed by atoms with E-state index in [0.29, 0.717) is 35.4 Å². The highest BCUT2D eigenvalue weighted by molar-refractivity contribution is 5.95. The summed E-state index contributed by atoms with van der Waals surface area (Å²) in [6.45, 7) is 2.87. The molecule has 1 aliphatic heterocycles. The molecule has 0 radical (unpaired) electrons. The van der Waals surface area contributed by atoms with Crippen molar-refractivity contribution in [2.24, 2.45) is 0 Å². The van der Waals surface area contributed by atoms with Gasteiger partial charge in [-0.25, -0.2) is 9.97 Å². The number of carbonyl (C=O) groups excluding carboxylic acids is 1. The third-order valence-corrected chi connectivity index (χ3v) is 5.61. The van der Waals surface area contributed by atoms with Crippen molar-refractivity contribution in [1.29, 1.82) is 0 Å². The minimum absolute atomic E-state index is 0.0376. The van der Waals surface area contributed by atoms with E-state index in [1.807, 2.05) is 37.3 Å². The average Bonchev–Trinajstić information content (AvgIpc) is 2.82. The standard InChI is InChI=1S/C26H20F3N3O3/c1-25(35-19-5-3-2-4-6-19)15-32(16-25)24(33)22-10-7-17-13-20(9-11-21(17)31-22)34-23-12-8-18(14-30-23)26(27,28)29/h2-14H,15-16H2,1H3. The molecule has 1 amide bonds. The highest BCUT2D eigenvalue weighted by Crippen LogP contribution is 2.31. The molecule has 0 atom stereocenters. The second-order valence-electron chi connectivity index (χ2n) is 8.56. The van der Waals surface area contributed by atoms with Crippen LogP contribution in [0.5, 0.6) is 17.4 Å². The summed E-state index contributed by atoms with van der Waals surface area (Å²) in [5, 5.41) is 0.715. The maximum absolute atomic E-state index is 12.9. The molecule has 1 saturated heterocycles. The first-order valence-corrected chi connectivity index (χ1v) is 10.8. The molecule has 2 aromatic heterocycles. The van der Waals surface area contributed by atoms with Crippen molar-refractivity contribution in [2.45, 2.75) is 18.7 Å². The Kier molecular flexibility index (Phi) is 5.55. The molecule has 0 saturated carbocycles. The van der Waals surface area contributed by atoms with Crippen LogP contribution in [0.2, 0.25) is 0 Å². The van der Waals surface area contributed by atoms with E-state index in [-0.39, 0.29) is 11.8 Å². The first kappa shape index (κ1) is 22.6. The van der Waals surface area contributed by atoms with Crippen LogP contribution < -0.4 is 9.47 Å². The Hall–Kier alpha value is -4.14. The monoisotopic (exact) mass is 479 g/mol. The van der Waals surface area contributed by atoms with Gasteiger partial charge < -0.3 is 14.4 Å². The second kappa shape index (κ2) is 8.57. The minimum Gasteiger partial charge on any atom is -0.484 e. The number of benzene rings is 2. The van der Waals surface area contributed by atoms with Gasteiger partial charge in [0.15, 0.2) is 0 Å². The SMILES string of the molecule is CC1(Oc2ccccc2)CN(C(=O)c2ccc3cc(Oc4ccc(C(F)(F)F)cn4)ccc3n2)C1. The Balaban J connectivity index is 1.25. The molecule has 5 rings (SSSR count). The number of aromatic nitrogens is 2. The number of halogens is 3. The van der Waals surface area contributed by atoms with E-state index < -0.39 is 17.3 Å². The number of ether oxygens (including phenoxy) is 2. The Morgan fingerprint density at radius 1 is 0.971 bits per heavy atom. The normalized spacial score (nSPS) is 14.9. The zero-order valence-electron chi connectivity index (χ0n) is 18.6. The van der Waals surface area contributed by atoms with E-state index >= 15 is 0 Å². The molecule has 6 nitrogen and oxygen atoms in total. The Morgan fingerprint density at radius 3 is 2.43 bits per heavy atom. The number of pyridine rings is 2. The number of nitrogens with zero attached hydrogens (tertiary/aromatic N) is 3. The molecule has 1 fully saturated rings. The lowest BCUT2D eigenvalue weighted by Gasteiger charge is -2.47. The van der Waals surface area contributed by atoms with Gasteiger partial charge in [0.2, 0.25) is 5.88 Å². The molecular formula is C26H20F3N3O3.